The van der Waals surface area contributed by atoms with Crippen molar-refractivity contribution < 1.29 is 9.53 Å². The molecule has 0 spiro atoms. The molecule has 4 aliphatic rings. The fourth-order valence-electron chi connectivity index (χ4n) is 6.51. The minimum absolute atomic E-state index is 0.0533. The highest BCUT2D eigenvalue weighted by atomic mass is 35.5. The predicted octanol–water partition coefficient (Wildman–Crippen LogP) is 4.57. The minimum Gasteiger partial charge on any atom is -0.381 e. The summed E-state index contributed by atoms with van der Waals surface area (Å²) in [5.41, 5.74) is 1.28. The fraction of sp³-hybridized carbons (Fsp3) is 0.842. The van der Waals surface area contributed by atoms with Crippen LogP contribution in [0.2, 0.25) is 0 Å². The molecule has 22 heavy (non-hydrogen) atoms. The van der Waals surface area contributed by atoms with Crippen LogP contribution >= 0.6 is 11.6 Å². The van der Waals surface area contributed by atoms with Crippen LogP contribution in [0.25, 0.3) is 0 Å². The van der Waals surface area contributed by atoms with E-state index in [1.54, 1.807) is 0 Å². The molecule has 4 rings (SSSR count). The zero-order valence-corrected chi connectivity index (χ0v) is 14.5. The van der Waals surface area contributed by atoms with Gasteiger partial charge in [-0.1, -0.05) is 25.4 Å². The van der Waals surface area contributed by atoms with Crippen molar-refractivity contribution in [3.63, 3.8) is 0 Å². The molecular formula is C19H27ClO2. The number of ether oxygens (including phenoxy) is 1. The Hall–Kier alpha value is -0.340. The second kappa shape index (κ2) is 5.08. The standard InChI is InChI=1S/C19H27ClO2/c1-18-7-5-15-14(16(18)9-12(10-21)17(18)20)4-3-13-6-8-22-11-19(13,15)2/h10,13-16H,3-9,11H2,1-2H3. The third kappa shape index (κ3) is 1.86. The molecule has 3 fully saturated rings. The van der Waals surface area contributed by atoms with Crippen LogP contribution in [0.4, 0.5) is 0 Å². The molecule has 6 atom stereocenters. The maximum Gasteiger partial charge on any atom is 0.147 e. The molecule has 0 aromatic rings. The summed E-state index contributed by atoms with van der Waals surface area (Å²) in [5.74, 6) is 2.87. The lowest BCUT2D eigenvalue weighted by molar-refractivity contribution is -0.148. The molecule has 1 saturated heterocycles. The average Bonchev–Trinajstić information content (AvgIpc) is 2.78. The van der Waals surface area contributed by atoms with Crippen LogP contribution in [0.1, 0.15) is 52.4 Å². The third-order valence-electron chi connectivity index (χ3n) is 7.84. The molecule has 122 valence electrons. The first-order chi connectivity index (χ1) is 10.5. The number of carbonyl (C=O) groups is 1. The summed E-state index contributed by atoms with van der Waals surface area (Å²) in [5, 5.41) is 0.873. The van der Waals surface area contributed by atoms with Gasteiger partial charge in [0.25, 0.3) is 0 Å². The lowest BCUT2D eigenvalue weighted by Gasteiger charge is -2.59. The van der Waals surface area contributed by atoms with E-state index in [1.807, 2.05) is 0 Å². The van der Waals surface area contributed by atoms with Crippen molar-refractivity contribution in [2.75, 3.05) is 13.2 Å². The molecule has 0 aromatic heterocycles. The van der Waals surface area contributed by atoms with Gasteiger partial charge in [0.2, 0.25) is 0 Å². The molecule has 3 heteroatoms. The Morgan fingerprint density at radius 1 is 1.18 bits per heavy atom. The molecule has 1 aliphatic heterocycles. The quantitative estimate of drug-likeness (QED) is 0.661. The van der Waals surface area contributed by atoms with Crippen molar-refractivity contribution in [3.8, 4) is 0 Å². The normalized spacial score (nSPS) is 51.0. The monoisotopic (exact) mass is 322 g/mol. The molecule has 0 bridgehead atoms. The van der Waals surface area contributed by atoms with Crippen molar-refractivity contribution in [2.45, 2.75) is 52.4 Å². The topological polar surface area (TPSA) is 26.3 Å². The van der Waals surface area contributed by atoms with Crippen LogP contribution in [0.5, 0.6) is 0 Å². The van der Waals surface area contributed by atoms with Crippen molar-refractivity contribution >= 4 is 17.9 Å². The average molecular weight is 323 g/mol. The third-order valence-corrected chi connectivity index (χ3v) is 8.52. The van der Waals surface area contributed by atoms with E-state index in [-0.39, 0.29) is 5.41 Å². The van der Waals surface area contributed by atoms with Gasteiger partial charge in [-0.15, -0.1) is 0 Å². The van der Waals surface area contributed by atoms with Crippen molar-refractivity contribution in [1.82, 2.24) is 0 Å². The van der Waals surface area contributed by atoms with Gasteiger partial charge in [-0.05, 0) is 67.6 Å². The van der Waals surface area contributed by atoms with Gasteiger partial charge in [0.15, 0.2) is 0 Å². The molecular weight excluding hydrogens is 296 g/mol. The predicted molar refractivity (Wildman–Crippen MR) is 87.6 cm³/mol. The highest BCUT2D eigenvalue weighted by molar-refractivity contribution is 6.32. The summed E-state index contributed by atoms with van der Waals surface area (Å²) in [6, 6.07) is 0. The van der Waals surface area contributed by atoms with Gasteiger partial charge in [0, 0.05) is 22.6 Å². The molecule has 2 nitrogen and oxygen atoms in total. The summed E-state index contributed by atoms with van der Waals surface area (Å²) in [7, 11) is 0. The number of allylic oxidation sites excluding steroid dienone is 2. The number of hydrogen-bond donors (Lipinski definition) is 0. The lowest BCUT2D eigenvalue weighted by atomic mass is 9.47. The van der Waals surface area contributed by atoms with E-state index in [9.17, 15) is 4.79 Å². The zero-order valence-electron chi connectivity index (χ0n) is 13.7. The number of aldehydes is 1. The maximum atomic E-state index is 11.4. The first-order valence-electron chi connectivity index (χ1n) is 8.93. The summed E-state index contributed by atoms with van der Waals surface area (Å²) in [4.78, 5) is 11.4. The number of halogens is 1. The van der Waals surface area contributed by atoms with Gasteiger partial charge in [-0.2, -0.15) is 0 Å². The molecule has 0 radical (unpaired) electrons. The number of fused-ring (bicyclic) bond motifs is 5. The van der Waals surface area contributed by atoms with Gasteiger partial charge in [-0.3, -0.25) is 4.79 Å². The summed E-state index contributed by atoms with van der Waals surface area (Å²) < 4.78 is 5.90. The van der Waals surface area contributed by atoms with Crippen LogP contribution in [-0.4, -0.2) is 19.5 Å². The second-order valence-electron chi connectivity index (χ2n) is 8.62. The Balaban J connectivity index is 1.67. The smallest absolute Gasteiger partial charge is 0.147 e. The van der Waals surface area contributed by atoms with Gasteiger partial charge in [0.05, 0.1) is 6.61 Å². The Bertz CT molecular complexity index is 528. The van der Waals surface area contributed by atoms with E-state index in [2.05, 4.69) is 13.8 Å². The van der Waals surface area contributed by atoms with Gasteiger partial charge >= 0.3 is 0 Å². The van der Waals surface area contributed by atoms with E-state index >= 15 is 0 Å². The SMILES string of the molecule is CC12CCC3C(CCC4CCOCC43C)C1CC(C=O)=C2Cl. The molecule has 1 heterocycles. The van der Waals surface area contributed by atoms with Crippen molar-refractivity contribution in [2.24, 2.45) is 34.5 Å². The van der Waals surface area contributed by atoms with E-state index in [0.717, 1.165) is 54.8 Å². The molecule has 0 N–H and O–H groups in total. The van der Waals surface area contributed by atoms with Crippen LogP contribution < -0.4 is 0 Å². The van der Waals surface area contributed by atoms with Gasteiger partial charge in [-0.25, -0.2) is 0 Å². The molecule has 0 amide bonds. The summed E-state index contributed by atoms with van der Waals surface area (Å²) >= 11 is 6.62. The van der Waals surface area contributed by atoms with Crippen LogP contribution in [-0.2, 0) is 9.53 Å². The van der Waals surface area contributed by atoms with E-state index < -0.39 is 0 Å². The minimum atomic E-state index is 0.0533. The molecule has 0 aromatic carbocycles. The highest BCUT2D eigenvalue weighted by Crippen LogP contribution is 2.66. The van der Waals surface area contributed by atoms with Crippen molar-refractivity contribution in [1.29, 1.82) is 0 Å². The Labute approximate surface area is 138 Å². The van der Waals surface area contributed by atoms with Gasteiger partial charge in [0.1, 0.15) is 6.29 Å². The van der Waals surface area contributed by atoms with Crippen LogP contribution in [0.15, 0.2) is 10.6 Å². The lowest BCUT2D eigenvalue weighted by Crippen LogP contribution is -2.54. The number of hydrogen-bond acceptors (Lipinski definition) is 2. The van der Waals surface area contributed by atoms with Crippen LogP contribution in [0.3, 0.4) is 0 Å². The zero-order chi connectivity index (χ0) is 15.5. The maximum absolute atomic E-state index is 11.4. The van der Waals surface area contributed by atoms with E-state index in [4.69, 9.17) is 16.3 Å². The number of carbonyl (C=O) groups excluding carboxylic acids is 1. The first kappa shape index (κ1) is 15.2. The Kier molecular flexibility index (Phi) is 3.51. The summed E-state index contributed by atoms with van der Waals surface area (Å²) in [6.07, 6.45) is 8.19. The second-order valence-corrected chi connectivity index (χ2v) is 8.99. The largest absolute Gasteiger partial charge is 0.381 e. The molecule has 6 unspecified atom stereocenters. The van der Waals surface area contributed by atoms with Gasteiger partial charge < -0.3 is 4.74 Å². The first-order valence-corrected chi connectivity index (χ1v) is 9.30. The fourth-order valence-corrected chi connectivity index (χ4v) is 6.87. The number of rotatable bonds is 1. The van der Waals surface area contributed by atoms with Crippen LogP contribution in [0, 0.1) is 34.5 Å². The Morgan fingerprint density at radius 3 is 2.77 bits per heavy atom. The molecule has 3 aliphatic carbocycles. The van der Waals surface area contributed by atoms with Crippen molar-refractivity contribution in [3.05, 3.63) is 10.6 Å². The highest BCUT2D eigenvalue weighted by Gasteiger charge is 2.59. The van der Waals surface area contributed by atoms with E-state index in [1.165, 1.54) is 25.7 Å². The Morgan fingerprint density at radius 2 is 2.00 bits per heavy atom. The van der Waals surface area contributed by atoms with E-state index in [0.29, 0.717) is 17.3 Å². The molecule has 2 saturated carbocycles. The summed E-state index contributed by atoms with van der Waals surface area (Å²) in [6.45, 7) is 6.66.